The molecule has 6 rings (SSSR count). The fraction of sp³-hybridized carbons (Fsp3) is 0.611. The van der Waals surface area contributed by atoms with E-state index >= 15 is 0 Å². The molecule has 3 heterocycles. The first kappa shape index (κ1) is 39.9. The number of nitrogens with zero attached hydrogens (tertiary/aromatic N) is 3. The lowest BCUT2D eigenvalue weighted by Gasteiger charge is -2.54. The van der Waals surface area contributed by atoms with E-state index in [0.29, 0.717) is 18.7 Å². The highest BCUT2D eigenvalue weighted by molar-refractivity contribution is 7.89. The van der Waals surface area contributed by atoms with Crippen LogP contribution in [0.15, 0.2) is 35.2 Å². The molecule has 0 bridgehead atoms. The number of nitro groups is 1. The van der Waals surface area contributed by atoms with Gasteiger partial charge in [-0.3, -0.25) is 14.9 Å². The van der Waals surface area contributed by atoms with Crippen LogP contribution in [0.4, 0.5) is 10.5 Å². The van der Waals surface area contributed by atoms with Gasteiger partial charge in [0.1, 0.15) is 24.4 Å². The zero-order valence-electron chi connectivity index (χ0n) is 32.2. The number of sulfonamides is 1. The molecule has 54 heavy (non-hydrogen) atoms. The van der Waals surface area contributed by atoms with Gasteiger partial charge in [0.25, 0.3) is 5.69 Å². The van der Waals surface area contributed by atoms with Gasteiger partial charge in [-0.2, -0.15) is 4.31 Å². The number of carbonyl (C=O) groups is 2. The van der Waals surface area contributed by atoms with Crippen LogP contribution >= 0.6 is 0 Å². The normalized spacial score (nSPS) is 26.0. The second-order valence-corrected chi connectivity index (χ2v) is 22.5. The van der Waals surface area contributed by atoms with E-state index in [-0.39, 0.29) is 51.8 Å². The summed E-state index contributed by atoms with van der Waals surface area (Å²) in [4.78, 5) is 38.8. The van der Waals surface area contributed by atoms with Gasteiger partial charge < -0.3 is 37.7 Å². The highest BCUT2D eigenvalue weighted by atomic mass is 32.2. The molecule has 0 unspecified atom stereocenters. The smallest absolute Gasteiger partial charge is 0.415 e. The third-order valence-corrected chi connectivity index (χ3v) is 17.4. The molecule has 1 amide bonds. The number of benzene rings is 2. The molecule has 4 aliphatic rings. The van der Waals surface area contributed by atoms with Crippen LogP contribution in [0.3, 0.4) is 0 Å². The van der Waals surface area contributed by atoms with Crippen molar-refractivity contribution in [3.63, 3.8) is 0 Å². The molecule has 296 valence electrons. The molecule has 2 aromatic carbocycles. The predicted octanol–water partition coefficient (Wildman–Crippen LogP) is 5.68. The van der Waals surface area contributed by atoms with E-state index in [0.717, 1.165) is 12.1 Å². The molecule has 6 atom stereocenters. The lowest BCUT2D eigenvalue weighted by molar-refractivity contribution is -0.384. The summed E-state index contributed by atoms with van der Waals surface area (Å²) in [7, 11) is -7.19. The summed E-state index contributed by atoms with van der Waals surface area (Å²) in [6.07, 6.45) is -4.61. The summed E-state index contributed by atoms with van der Waals surface area (Å²) in [6.45, 7) is 18.8. The number of carbonyl (C=O) groups excluding carboxylic acids is 2. The second kappa shape index (κ2) is 14.0. The minimum atomic E-state index is -4.53. The number of rotatable bonds is 9. The molecule has 3 aliphatic heterocycles. The van der Waals surface area contributed by atoms with Crippen molar-refractivity contribution in [1.82, 2.24) is 9.21 Å². The third kappa shape index (κ3) is 6.96. The number of hydrogen-bond donors (Lipinski definition) is 0. The summed E-state index contributed by atoms with van der Waals surface area (Å²) in [5.74, 6) is -2.48. The Labute approximate surface area is 316 Å². The van der Waals surface area contributed by atoms with Gasteiger partial charge in [0, 0.05) is 50.2 Å². The quantitative estimate of drug-likeness (QED) is 0.131. The second-order valence-electron chi connectivity index (χ2n) is 15.8. The third-order valence-electron chi connectivity index (χ3n) is 11.0. The van der Waals surface area contributed by atoms with Crippen molar-refractivity contribution in [2.75, 3.05) is 19.9 Å². The van der Waals surface area contributed by atoms with Gasteiger partial charge >= 0.3 is 12.1 Å². The van der Waals surface area contributed by atoms with Gasteiger partial charge in [0.05, 0.1) is 15.9 Å². The van der Waals surface area contributed by atoms with Gasteiger partial charge in [-0.15, -0.1) is 0 Å². The summed E-state index contributed by atoms with van der Waals surface area (Å²) < 4.78 is 75.4. The fourth-order valence-electron chi connectivity index (χ4n) is 7.47. The number of esters is 1. The Balaban J connectivity index is 1.64. The van der Waals surface area contributed by atoms with Crippen molar-refractivity contribution >= 4 is 36.1 Å². The number of ether oxygens (including phenoxy) is 6. The molecule has 0 radical (unpaired) electrons. The first-order chi connectivity index (χ1) is 25.1. The summed E-state index contributed by atoms with van der Waals surface area (Å²) in [6, 6.07) is 5.19. The number of fused-ring (bicyclic) bond motifs is 6. The van der Waals surface area contributed by atoms with E-state index in [2.05, 4.69) is 33.9 Å². The highest BCUT2D eigenvalue weighted by Crippen LogP contribution is 2.57. The van der Waals surface area contributed by atoms with E-state index in [9.17, 15) is 28.1 Å². The van der Waals surface area contributed by atoms with Crippen LogP contribution in [-0.4, -0.2) is 99.1 Å². The number of amides is 1. The molecule has 1 aliphatic carbocycles. The zero-order valence-corrected chi connectivity index (χ0v) is 34.1. The summed E-state index contributed by atoms with van der Waals surface area (Å²) >= 11 is 0. The van der Waals surface area contributed by atoms with Gasteiger partial charge in [0.2, 0.25) is 22.6 Å². The Morgan fingerprint density at radius 3 is 2.26 bits per heavy atom. The molecular weight excluding hydrogens is 743 g/mol. The largest absolute Gasteiger partial charge is 0.459 e. The molecule has 1 saturated carbocycles. The number of hydrogen-bond acceptors (Lipinski definition) is 13. The summed E-state index contributed by atoms with van der Waals surface area (Å²) in [5, 5.41) is 11.2. The van der Waals surface area contributed by atoms with E-state index in [1.54, 1.807) is 33.8 Å². The van der Waals surface area contributed by atoms with Crippen LogP contribution in [0.25, 0.3) is 0 Å². The van der Waals surface area contributed by atoms with Crippen molar-refractivity contribution in [2.45, 2.75) is 127 Å². The Morgan fingerprint density at radius 1 is 1.06 bits per heavy atom. The molecule has 0 N–H and O–H groups in total. The average molecular weight is 792 g/mol. The maximum Gasteiger partial charge on any atom is 0.415 e. The molecule has 18 heteroatoms. The van der Waals surface area contributed by atoms with Crippen molar-refractivity contribution in [3.8, 4) is 17.2 Å². The summed E-state index contributed by atoms with van der Waals surface area (Å²) in [5.41, 5.74) is 0.483. The minimum Gasteiger partial charge on any atom is -0.459 e. The number of non-ortho nitro benzene ring substituents is 1. The highest BCUT2D eigenvalue weighted by Gasteiger charge is 2.65. The number of nitro benzene ring substituents is 1. The van der Waals surface area contributed by atoms with E-state index < -0.39 is 77.5 Å². The maximum absolute atomic E-state index is 15.0. The van der Waals surface area contributed by atoms with Crippen LogP contribution in [0, 0.1) is 10.1 Å². The Bertz CT molecular complexity index is 1930. The molecule has 16 nitrogen and oxygen atoms in total. The Morgan fingerprint density at radius 2 is 1.69 bits per heavy atom. The first-order valence-corrected chi connectivity index (χ1v) is 22.4. The van der Waals surface area contributed by atoms with Crippen LogP contribution in [0.5, 0.6) is 17.2 Å². The monoisotopic (exact) mass is 791 g/mol. The van der Waals surface area contributed by atoms with Crippen LogP contribution in [0.2, 0.25) is 18.1 Å². The maximum atomic E-state index is 15.0. The lowest BCUT2D eigenvalue weighted by Crippen LogP contribution is -2.68. The predicted molar refractivity (Wildman–Crippen MR) is 195 cm³/mol. The Kier molecular flexibility index (Phi) is 10.4. The van der Waals surface area contributed by atoms with Crippen LogP contribution in [0.1, 0.15) is 72.4 Å². The fourth-order valence-corrected chi connectivity index (χ4v) is 10.4. The molecule has 0 aromatic heterocycles. The Hall–Kier alpha value is -3.81. The zero-order chi connectivity index (χ0) is 39.7. The topological polar surface area (TPSA) is 183 Å². The molecule has 2 aromatic rings. The molecule has 0 spiro atoms. The molecule has 2 fully saturated rings. The SMILES string of the molecule is CCN(CC)C(=O)Oc1c2c(cc3c1OCO3)[C@@H]1[C@@H](OC(C)=O)[C@H](O[Si](C)(C)C(C)(C)C)[C@H]3OC(C)(C)O[C@H]3[C@@H]1N(S(=O)(=O)c1ccc([N+](=O)[O-])cc1)C2. The van der Waals surface area contributed by atoms with Crippen LogP contribution < -0.4 is 14.2 Å². The van der Waals surface area contributed by atoms with Gasteiger partial charge in [-0.05, 0) is 69.6 Å². The van der Waals surface area contributed by atoms with Crippen LogP contribution in [-0.2, 0) is 40.0 Å². The van der Waals surface area contributed by atoms with Gasteiger partial charge in [0.15, 0.2) is 25.6 Å². The first-order valence-electron chi connectivity index (χ1n) is 18.0. The van der Waals surface area contributed by atoms with Crippen molar-refractivity contribution in [3.05, 3.63) is 51.6 Å². The van der Waals surface area contributed by atoms with Gasteiger partial charge in [-0.1, -0.05) is 20.8 Å². The standard InChI is InChI=1S/C36H49N3O13SSi/c1-11-37(12-2)34(41)49-28-24-18-38(53(44,45)22-15-13-21(14-16-22)39(42)43)27-26(23(24)17-25-29(28)47-19-46-25)30(48-20(3)40)33(52-54(9,10)35(4,5)6)32-31(27)50-36(7,8)51-32/h13-17,26-27,30-33H,11-12,18-19H2,1-10H3/t26-,27+,30+,31-,32-,33-/m0/s1. The molecule has 1 saturated heterocycles. The van der Waals surface area contributed by atoms with Gasteiger partial charge in [-0.25, -0.2) is 13.2 Å². The lowest BCUT2D eigenvalue weighted by atomic mass is 9.70. The van der Waals surface area contributed by atoms with E-state index in [1.165, 1.54) is 28.3 Å². The molecular formula is C36H49N3O13SSi. The van der Waals surface area contributed by atoms with Crippen molar-refractivity contribution in [2.24, 2.45) is 0 Å². The van der Waals surface area contributed by atoms with E-state index in [4.69, 9.17) is 32.8 Å². The van der Waals surface area contributed by atoms with Crippen molar-refractivity contribution < 1.29 is 55.8 Å². The minimum absolute atomic E-state index is 0.0336. The average Bonchev–Trinajstić information content (AvgIpc) is 3.68. The van der Waals surface area contributed by atoms with Crippen molar-refractivity contribution in [1.29, 1.82) is 0 Å². The van der Waals surface area contributed by atoms with E-state index in [1.807, 2.05) is 0 Å².